The topological polar surface area (TPSA) is 56.7 Å². The highest BCUT2D eigenvalue weighted by atomic mass is 19.4. The summed E-state index contributed by atoms with van der Waals surface area (Å²) in [5, 5.41) is 9.23. The molecule has 1 N–H and O–H groups in total. The molecule has 0 atom stereocenters. The van der Waals surface area contributed by atoms with Crippen LogP contribution in [0.3, 0.4) is 0 Å². The molecule has 0 saturated carbocycles. The Morgan fingerprint density at radius 2 is 1.83 bits per heavy atom. The van der Waals surface area contributed by atoms with Crippen LogP contribution in [0.15, 0.2) is 18.3 Å². The average Bonchev–Trinajstić information content (AvgIpc) is 2.47. The summed E-state index contributed by atoms with van der Waals surface area (Å²) < 4.78 is 37.4. The van der Waals surface area contributed by atoms with E-state index in [4.69, 9.17) is 0 Å². The second-order valence-electron chi connectivity index (χ2n) is 6.18. The molecule has 0 amide bonds. The van der Waals surface area contributed by atoms with Crippen LogP contribution in [0.25, 0.3) is 0 Å². The van der Waals surface area contributed by atoms with Gasteiger partial charge in [-0.05, 0) is 25.5 Å². The molecule has 0 bridgehead atoms. The van der Waals surface area contributed by atoms with Gasteiger partial charge in [-0.1, -0.05) is 6.07 Å². The lowest BCUT2D eigenvalue weighted by atomic mass is 10.0. The Balaban J connectivity index is 1.91. The number of hydrogen-bond acceptors (Lipinski definition) is 4. The van der Waals surface area contributed by atoms with Gasteiger partial charge in [-0.15, -0.1) is 0 Å². The molecule has 128 valence electrons. The maximum atomic E-state index is 12.5. The first kappa shape index (κ1) is 17.7. The quantitative estimate of drug-likeness (QED) is 0.915. The number of carboxylic acid groups (broad SMARTS) is 1. The molecule has 1 aliphatic rings. The molecule has 0 radical (unpaired) electrons. The van der Waals surface area contributed by atoms with E-state index in [-0.39, 0.29) is 0 Å². The second kappa shape index (κ2) is 6.45. The summed E-state index contributed by atoms with van der Waals surface area (Å²) in [6.45, 7) is 6.39. The molecule has 1 aromatic rings. The van der Waals surface area contributed by atoms with Crippen LogP contribution in [0.4, 0.5) is 13.2 Å². The van der Waals surface area contributed by atoms with Crippen LogP contribution in [-0.4, -0.2) is 57.6 Å². The zero-order valence-electron chi connectivity index (χ0n) is 13.1. The van der Waals surface area contributed by atoms with Gasteiger partial charge in [-0.25, -0.2) is 0 Å². The minimum absolute atomic E-state index is 0.506. The van der Waals surface area contributed by atoms with Crippen LogP contribution in [0.1, 0.15) is 25.1 Å². The molecule has 2 heterocycles. The van der Waals surface area contributed by atoms with Crippen molar-refractivity contribution in [2.75, 3.05) is 26.2 Å². The predicted octanol–water partition coefficient (Wildman–Crippen LogP) is 2.08. The lowest BCUT2D eigenvalue weighted by Gasteiger charge is -2.41. The molecule has 1 saturated heterocycles. The van der Waals surface area contributed by atoms with Gasteiger partial charge < -0.3 is 5.11 Å². The fraction of sp³-hybridized carbons (Fsp3) is 0.600. The Bertz CT molecular complexity index is 550. The monoisotopic (exact) mass is 331 g/mol. The van der Waals surface area contributed by atoms with Crippen LogP contribution in [-0.2, 0) is 17.5 Å². The lowest BCUT2D eigenvalue weighted by Crippen LogP contribution is -2.57. The van der Waals surface area contributed by atoms with Crippen molar-refractivity contribution >= 4 is 5.97 Å². The van der Waals surface area contributed by atoms with E-state index in [9.17, 15) is 23.1 Å². The Morgan fingerprint density at radius 1 is 1.22 bits per heavy atom. The number of alkyl halides is 3. The highest BCUT2D eigenvalue weighted by molar-refractivity contribution is 5.77. The van der Waals surface area contributed by atoms with Gasteiger partial charge in [0.25, 0.3) is 0 Å². The fourth-order valence-corrected chi connectivity index (χ4v) is 2.54. The van der Waals surface area contributed by atoms with Crippen molar-refractivity contribution in [3.05, 3.63) is 29.6 Å². The van der Waals surface area contributed by atoms with E-state index in [1.807, 2.05) is 4.90 Å². The van der Waals surface area contributed by atoms with E-state index in [1.54, 1.807) is 13.8 Å². The molecule has 0 aromatic carbocycles. The second-order valence-corrected chi connectivity index (χ2v) is 6.18. The van der Waals surface area contributed by atoms with Crippen molar-refractivity contribution in [1.29, 1.82) is 0 Å². The van der Waals surface area contributed by atoms with Crippen molar-refractivity contribution < 1.29 is 23.1 Å². The van der Waals surface area contributed by atoms with E-state index < -0.39 is 23.4 Å². The molecule has 0 spiro atoms. The highest BCUT2D eigenvalue weighted by Crippen LogP contribution is 2.27. The summed E-state index contributed by atoms with van der Waals surface area (Å²) in [6.07, 6.45) is -3.18. The Morgan fingerprint density at radius 3 is 2.26 bits per heavy atom. The average molecular weight is 331 g/mol. The number of nitrogens with zero attached hydrogens (tertiary/aromatic N) is 3. The number of hydrogen-bond donors (Lipinski definition) is 1. The molecule has 8 heteroatoms. The number of carbonyl (C=O) groups is 1. The van der Waals surface area contributed by atoms with Gasteiger partial charge in [0.05, 0.1) is 0 Å². The summed E-state index contributed by atoms with van der Waals surface area (Å²) in [6, 6.07) is 2.42. The number of carboxylic acids is 1. The van der Waals surface area contributed by atoms with Crippen LogP contribution < -0.4 is 0 Å². The summed E-state index contributed by atoms with van der Waals surface area (Å²) in [5.74, 6) is -0.863. The molecular formula is C15H20F3N3O2. The third-order valence-corrected chi connectivity index (χ3v) is 4.21. The molecule has 1 aliphatic heterocycles. The van der Waals surface area contributed by atoms with E-state index in [0.717, 1.165) is 6.07 Å². The van der Waals surface area contributed by atoms with Gasteiger partial charge in [0.1, 0.15) is 11.2 Å². The van der Waals surface area contributed by atoms with Crippen molar-refractivity contribution in [3.8, 4) is 0 Å². The van der Waals surface area contributed by atoms with Crippen molar-refractivity contribution in [2.45, 2.75) is 32.1 Å². The predicted molar refractivity (Wildman–Crippen MR) is 77.8 cm³/mol. The van der Waals surface area contributed by atoms with Crippen LogP contribution >= 0.6 is 0 Å². The normalized spacial score (nSPS) is 18.1. The van der Waals surface area contributed by atoms with Gasteiger partial charge in [-0.3, -0.25) is 19.6 Å². The molecule has 5 nitrogen and oxygen atoms in total. The van der Waals surface area contributed by atoms with Crippen LogP contribution in [0.2, 0.25) is 0 Å². The first-order chi connectivity index (χ1) is 10.6. The Hall–Kier alpha value is -1.67. The molecule has 2 rings (SSSR count). The van der Waals surface area contributed by atoms with E-state index in [2.05, 4.69) is 9.88 Å². The van der Waals surface area contributed by atoms with Crippen LogP contribution in [0, 0.1) is 0 Å². The van der Waals surface area contributed by atoms with Gasteiger partial charge >= 0.3 is 12.1 Å². The number of pyridine rings is 1. The Kier molecular flexibility index (Phi) is 4.95. The lowest BCUT2D eigenvalue weighted by molar-refractivity contribution is -0.150. The minimum Gasteiger partial charge on any atom is -0.480 e. The van der Waals surface area contributed by atoms with Gasteiger partial charge in [0.15, 0.2) is 0 Å². The molecule has 1 aromatic heterocycles. The third kappa shape index (κ3) is 4.20. The van der Waals surface area contributed by atoms with E-state index in [1.165, 1.54) is 12.3 Å². The smallest absolute Gasteiger partial charge is 0.433 e. The number of piperazine rings is 1. The molecule has 23 heavy (non-hydrogen) atoms. The summed E-state index contributed by atoms with van der Waals surface area (Å²) >= 11 is 0. The molecule has 0 aliphatic carbocycles. The first-order valence-corrected chi connectivity index (χ1v) is 7.33. The zero-order valence-corrected chi connectivity index (χ0v) is 13.1. The van der Waals surface area contributed by atoms with E-state index in [0.29, 0.717) is 38.3 Å². The maximum absolute atomic E-state index is 12.5. The molecule has 1 fully saturated rings. The minimum atomic E-state index is -4.42. The summed E-state index contributed by atoms with van der Waals surface area (Å²) in [5.41, 5.74) is -1.10. The standard InChI is InChI=1S/C15H20F3N3O2/c1-14(2,13(22)23)21-7-5-20(6-8-21)10-11-3-4-12(19-9-11)15(16,17)18/h3-4,9H,5-8,10H2,1-2H3,(H,22,23). The van der Waals surface area contributed by atoms with Gasteiger partial charge in [0.2, 0.25) is 0 Å². The zero-order chi connectivity index (χ0) is 17.3. The number of aliphatic carboxylic acids is 1. The van der Waals surface area contributed by atoms with Crippen LogP contribution in [0.5, 0.6) is 0 Å². The summed E-state index contributed by atoms with van der Waals surface area (Å²) in [4.78, 5) is 18.7. The highest BCUT2D eigenvalue weighted by Gasteiger charge is 2.36. The van der Waals surface area contributed by atoms with Crippen molar-refractivity contribution in [2.24, 2.45) is 0 Å². The van der Waals surface area contributed by atoms with Crippen molar-refractivity contribution in [1.82, 2.24) is 14.8 Å². The van der Waals surface area contributed by atoms with E-state index >= 15 is 0 Å². The van der Waals surface area contributed by atoms with Gasteiger partial charge in [0, 0.05) is 38.9 Å². The maximum Gasteiger partial charge on any atom is 0.433 e. The number of aromatic nitrogens is 1. The van der Waals surface area contributed by atoms with Crippen molar-refractivity contribution in [3.63, 3.8) is 0 Å². The third-order valence-electron chi connectivity index (χ3n) is 4.21. The molecular weight excluding hydrogens is 311 g/mol. The number of rotatable bonds is 4. The Labute approximate surface area is 132 Å². The summed E-state index contributed by atoms with van der Waals surface area (Å²) in [7, 11) is 0. The fourth-order valence-electron chi connectivity index (χ4n) is 2.54. The number of halogens is 3. The first-order valence-electron chi connectivity index (χ1n) is 7.33. The van der Waals surface area contributed by atoms with Gasteiger partial charge in [-0.2, -0.15) is 13.2 Å². The molecule has 0 unspecified atom stereocenters. The SMILES string of the molecule is CC(C)(C(=O)O)N1CCN(Cc2ccc(C(F)(F)F)nc2)CC1. The largest absolute Gasteiger partial charge is 0.480 e.